The first-order valence-corrected chi connectivity index (χ1v) is 11.6. The van der Waals surface area contributed by atoms with E-state index in [1.54, 1.807) is 18.3 Å². The predicted molar refractivity (Wildman–Crippen MR) is 123 cm³/mol. The number of nitrogens with zero attached hydrogens (tertiary/aromatic N) is 1. The fourth-order valence-electron chi connectivity index (χ4n) is 3.21. The maximum atomic E-state index is 13.3. The first-order valence-electron chi connectivity index (χ1n) is 9.93. The molecule has 0 spiro atoms. The molecular formula is C25H21NO2S2. The van der Waals surface area contributed by atoms with Gasteiger partial charge in [0.25, 0.3) is 0 Å². The quantitative estimate of drug-likeness (QED) is 0.453. The number of rotatable bonds is 6. The lowest BCUT2D eigenvalue weighted by atomic mass is 10.00. The summed E-state index contributed by atoms with van der Waals surface area (Å²) in [4.78, 5) is 33.6. The number of hydrogen-bond donors (Lipinski definition) is 0. The summed E-state index contributed by atoms with van der Waals surface area (Å²) < 4.78 is 0. The number of fused-ring (bicyclic) bond motifs is 1. The topological polar surface area (TPSA) is 47.0 Å². The predicted octanol–water partition coefficient (Wildman–Crippen LogP) is 6.38. The summed E-state index contributed by atoms with van der Waals surface area (Å²) in [6.45, 7) is 4.21. The zero-order valence-electron chi connectivity index (χ0n) is 16.8. The fourth-order valence-corrected chi connectivity index (χ4v) is 5.24. The number of Topliss-reactive ketones (excluding diaryl/α,β-unsaturated/α-hetero) is 2. The number of ketones is 2. The Morgan fingerprint density at radius 3 is 1.70 bits per heavy atom. The van der Waals surface area contributed by atoms with Gasteiger partial charge in [0.05, 0.1) is 15.4 Å². The molecule has 0 radical (unpaired) electrons. The summed E-state index contributed by atoms with van der Waals surface area (Å²) in [5, 5.41) is 0. The van der Waals surface area contributed by atoms with Gasteiger partial charge in [0.1, 0.15) is 5.69 Å². The number of hydrogen-bond acceptors (Lipinski definition) is 5. The van der Waals surface area contributed by atoms with Crippen LogP contribution < -0.4 is 0 Å². The monoisotopic (exact) mass is 431 g/mol. The molecule has 0 saturated carbocycles. The number of carbonyl (C=O) groups excluding carboxylic acids is 2. The van der Waals surface area contributed by atoms with Gasteiger partial charge < -0.3 is 0 Å². The van der Waals surface area contributed by atoms with Crippen molar-refractivity contribution in [3.05, 3.63) is 99.1 Å². The van der Waals surface area contributed by atoms with E-state index in [9.17, 15) is 9.59 Å². The van der Waals surface area contributed by atoms with Crippen LogP contribution in [-0.2, 0) is 12.8 Å². The molecule has 0 bridgehead atoms. The van der Waals surface area contributed by atoms with E-state index in [4.69, 9.17) is 0 Å². The standard InChI is InChI=1S/C25H21NO2S2/c1-3-16-7-11-18(12-8-16)29-24-22(27)20-6-5-15-26-21(20)23(28)25(24)30-19-13-9-17(4-2)10-14-19/h5-15H,3-4H2,1-2H3. The van der Waals surface area contributed by atoms with Crippen LogP contribution in [0.2, 0.25) is 0 Å². The molecule has 2 aromatic carbocycles. The van der Waals surface area contributed by atoms with E-state index in [2.05, 4.69) is 43.1 Å². The number of carbonyl (C=O) groups is 2. The number of thioether (sulfide) groups is 2. The summed E-state index contributed by atoms with van der Waals surface area (Å²) in [6.07, 6.45) is 3.47. The van der Waals surface area contributed by atoms with Gasteiger partial charge in [0, 0.05) is 16.0 Å². The van der Waals surface area contributed by atoms with Gasteiger partial charge in [0.2, 0.25) is 11.6 Å². The smallest absolute Gasteiger partial charge is 0.220 e. The second-order valence-electron chi connectivity index (χ2n) is 6.92. The van der Waals surface area contributed by atoms with Gasteiger partial charge in [-0.3, -0.25) is 14.6 Å². The average molecular weight is 432 g/mol. The van der Waals surface area contributed by atoms with Gasteiger partial charge in [-0.2, -0.15) is 0 Å². The van der Waals surface area contributed by atoms with Crippen molar-refractivity contribution >= 4 is 35.1 Å². The van der Waals surface area contributed by atoms with Crippen LogP contribution in [-0.4, -0.2) is 16.6 Å². The number of aryl methyl sites for hydroxylation is 2. The van der Waals surface area contributed by atoms with Crippen LogP contribution in [0.1, 0.15) is 45.8 Å². The van der Waals surface area contributed by atoms with Crippen LogP contribution in [0, 0.1) is 0 Å². The highest BCUT2D eigenvalue weighted by Crippen LogP contribution is 2.43. The van der Waals surface area contributed by atoms with Gasteiger partial charge in [-0.15, -0.1) is 0 Å². The van der Waals surface area contributed by atoms with Crippen LogP contribution in [0.3, 0.4) is 0 Å². The molecule has 0 fully saturated rings. The van der Waals surface area contributed by atoms with E-state index in [-0.39, 0.29) is 17.3 Å². The third kappa shape index (κ3) is 4.13. The van der Waals surface area contributed by atoms with Gasteiger partial charge in [-0.25, -0.2) is 0 Å². The molecule has 1 heterocycles. The Morgan fingerprint density at radius 1 is 0.700 bits per heavy atom. The zero-order valence-corrected chi connectivity index (χ0v) is 18.5. The Labute approximate surface area is 185 Å². The summed E-state index contributed by atoms with van der Waals surface area (Å²) in [5.41, 5.74) is 3.08. The Bertz CT molecular complexity index is 1040. The van der Waals surface area contributed by atoms with E-state index in [1.807, 2.05) is 24.3 Å². The van der Waals surface area contributed by atoms with Crippen LogP contribution >= 0.6 is 23.5 Å². The molecule has 5 heteroatoms. The molecule has 3 aromatic rings. The van der Waals surface area contributed by atoms with Crippen LogP contribution in [0.15, 0.2) is 86.5 Å². The lowest BCUT2D eigenvalue weighted by molar-refractivity contribution is 0.0984. The molecule has 0 amide bonds. The lowest BCUT2D eigenvalue weighted by Gasteiger charge is -2.19. The maximum Gasteiger partial charge on any atom is 0.220 e. The van der Waals surface area contributed by atoms with Crippen molar-refractivity contribution in [2.75, 3.05) is 0 Å². The van der Waals surface area contributed by atoms with Gasteiger partial charge in [0.15, 0.2) is 0 Å². The van der Waals surface area contributed by atoms with E-state index < -0.39 is 0 Å². The van der Waals surface area contributed by atoms with Crippen LogP contribution in [0.25, 0.3) is 0 Å². The van der Waals surface area contributed by atoms with E-state index in [0.717, 1.165) is 22.6 Å². The Balaban J connectivity index is 1.76. The Morgan fingerprint density at radius 2 is 1.20 bits per heavy atom. The van der Waals surface area contributed by atoms with Crippen molar-refractivity contribution < 1.29 is 9.59 Å². The number of pyridine rings is 1. The van der Waals surface area contributed by atoms with E-state index in [1.165, 1.54) is 34.7 Å². The molecule has 0 saturated heterocycles. The summed E-state index contributed by atoms with van der Waals surface area (Å²) >= 11 is 2.70. The molecule has 150 valence electrons. The maximum absolute atomic E-state index is 13.3. The zero-order chi connectivity index (χ0) is 21.1. The first-order chi connectivity index (χ1) is 14.6. The largest absolute Gasteiger partial charge is 0.288 e. The Hall–Kier alpha value is -2.63. The molecule has 0 unspecified atom stereocenters. The fraction of sp³-hybridized carbons (Fsp3) is 0.160. The molecule has 1 aliphatic rings. The minimum atomic E-state index is -0.192. The average Bonchev–Trinajstić information content (AvgIpc) is 2.80. The van der Waals surface area contributed by atoms with Crippen molar-refractivity contribution in [1.82, 2.24) is 4.98 Å². The summed E-state index contributed by atoms with van der Waals surface area (Å²) in [6, 6.07) is 19.6. The van der Waals surface area contributed by atoms with E-state index in [0.29, 0.717) is 15.4 Å². The van der Waals surface area contributed by atoms with Crippen molar-refractivity contribution in [2.24, 2.45) is 0 Å². The normalized spacial score (nSPS) is 13.5. The molecule has 0 atom stereocenters. The molecule has 1 aliphatic carbocycles. The number of benzene rings is 2. The minimum absolute atomic E-state index is 0.144. The molecule has 3 nitrogen and oxygen atoms in total. The van der Waals surface area contributed by atoms with Gasteiger partial charge in [-0.05, 0) is 60.4 Å². The van der Waals surface area contributed by atoms with Crippen molar-refractivity contribution in [1.29, 1.82) is 0 Å². The molecule has 0 aliphatic heterocycles. The van der Waals surface area contributed by atoms with Crippen molar-refractivity contribution in [2.45, 2.75) is 36.5 Å². The highest BCUT2D eigenvalue weighted by molar-refractivity contribution is 8.08. The molecule has 1 aromatic heterocycles. The number of allylic oxidation sites excluding steroid dienone is 2. The van der Waals surface area contributed by atoms with E-state index >= 15 is 0 Å². The Kier molecular flexibility index (Phi) is 6.21. The highest BCUT2D eigenvalue weighted by Gasteiger charge is 2.34. The molecule has 0 N–H and O–H groups in total. The lowest BCUT2D eigenvalue weighted by Crippen LogP contribution is -2.21. The van der Waals surface area contributed by atoms with Crippen LogP contribution in [0.4, 0.5) is 0 Å². The first kappa shape index (κ1) is 20.6. The van der Waals surface area contributed by atoms with Crippen molar-refractivity contribution in [3.8, 4) is 0 Å². The van der Waals surface area contributed by atoms with Gasteiger partial charge in [-0.1, -0.05) is 61.6 Å². The third-order valence-electron chi connectivity index (χ3n) is 4.99. The minimum Gasteiger partial charge on any atom is -0.288 e. The van der Waals surface area contributed by atoms with Gasteiger partial charge >= 0.3 is 0 Å². The second-order valence-corrected chi connectivity index (χ2v) is 9.08. The third-order valence-corrected chi connectivity index (χ3v) is 7.32. The van der Waals surface area contributed by atoms with Crippen molar-refractivity contribution in [3.63, 3.8) is 0 Å². The highest BCUT2D eigenvalue weighted by atomic mass is 32.2. The SMILES string of the molecule is CCc1ccc(SC2=C(Sc3ccc(CC)cc3)C(=O)c3ncccc3C2=O)cc1. The summed E-state index contributed by atoms with van der Waals surface area (Å²) in [7, 11) is 0. The second kappa shape index (κ2) is 9.02. The molecular weight excluding hydrogens is 410 g/mol. The molecule has 4 rings (SSSR count). The number of aromatic nitrogens is 1. The summed E-state index contributed by atoms with van der Waals surface area (Å²) in [5.74, 6) is -0.336. The molecule has 30 heavy (non-hydrogen) atoms. The van der Waals surface area contributed by atoms with Crippen LogP contribution in [0.5, 0.6) is 0 Å².